The largest absolute Gasteiger partial charge is 0.350 e. The fourth-order valence-electron chi connectivity index (χ4n) is 1.92. The van der Waals surface area contributed by atoms with Gasteiger partial charge in [-0.25, -0.2) is 4.79 Å². The number of aromatic nitrogens is 2. The van der Waals surface area contributed by atoms with E-state index in [1.165, 1.54) is 4.57 Å². The molecule has 0 aliphatic carbocycles. The van der Waals surface area contributed by atoms with Crippen LogP contribution in [0.4, 0.5) is 5.69 Å². The van der Waals surface area contributed by atoms with Crippen molar-refractivity contribution in [1.82, 2.24) is 9.13 Å². The van der Waals surface area contributed by atoms with E-state index in [4.69, 9.17) is 0 Å². The van der Waals surface area contributed by atoms with Crippen LogP contribution in [0.3, 0.4) is 0 Å². The second kappa shape index (κ2) is 7.88. The lowest BCUT2D eigenvalue weighted by Crippen LogP contribution is -2.40. The molecule has 0 N–H and O–H groups in total. The zero-order valence-electron chi connectivity index (χ0n) is 11.4. The molecular weight excluding hydrogens is 282 g/mol. The van der Waals surface area contributed by atoms with Crippen LogP contribution in [0.15, 0.2) is 15.8 Å². The van der Waals surface area contributed by atoms with Gasteiger partial charge in [0.1, 0.15) is 0 Å². The van der Waals surface area contributed by atoms with Gasteiger partial charge in [-0.05, 0) is 25.5 Å². The molecule has 20 heavy (non-hydrogen) atoms. The van der Waals surface area contributed by atoms with Crippen LogP contribution in [0.25, 0.3) is 0 Å². The summed E-state index contributed by atoms with van der Waals surface area (Å²) in [6.07, 6.45) is 4.47. The van der Waals surface area contributed by atoms with Crippen LogP contribution in [0.5, 0.6) is 0 Å². The SMILES string of the molecule is CCn1cc([N+](=O)[O-])c(=O)n(CCCCCCS)c1=O. The average molecular weight is 301 g/mol. The second-order valence-corrected chi connectivity index (χ2v) is 4.88. The first-order valence-electron chi connectivity index (χ1n) is 6.62. The first kappa shape index (κ1) is 16.5. The quantitative estimate of drug-likeness (QED) is 0.340. The first-order chi connectivity index (χ1) is 9.52. The highest BCUT2D eigenvalue weighted by molar-refractivity contribution is 7.80. The Morgan fingerprint density at radius 2 is 1.90 bits per heavy atom. The highest BCUT2D eigenvalue weighted by Gasteiger charge is 2.18. The summed E-state index contributed by atoms with van der Waals surface area (Å²) in [6, 6.07) is 0. The first-order valence-corrected chi connectivity index (χ1v) is 7.25. The number of rotatable bonds is 8. The Morgan fingerprint density at radius 3 is 2.45 bits per heavy atom. The van der Waals surface area contributed by atoms with Gasteiger partial charge in [0.2, 0.25) is 0 Å². The molecule has 0 aliphatic rings. The van der Waals surface area contributed by atoms with Gasteiger partial charge >= 0.3 is 16.9 Å². The van der Waals surface area contributed by atoms with E-state index in [0.717, 1.165) is 35.8 Å². The molecule has 1 aromatic rings. The summed E-state index contributed by atoms with van der Waals surface area (Å²) in [5.41, 5.74) is -1.86. The van der Waals surface area contributed by atoms with Gasteiger partial charge in [-0.3, -0.25) is 24.0 Å². The maximum atomic E-state index is 12.0. The van der Waals surface area contributed by atoms with E-state index in [1.807, 2.05) is 0 Å². The van der Waals surface area contributed by atoms with E-state index >= 15 is 0 Å². The molecule has 8 heteroatoms. The number of hydrogen-bond donors (Lipinski definition) is 1. The molecule has 0 saturated heterocycles. The van der Waals surface area contributed by atoms with Crippen LogP contribution in [0.1, 0.15) is 32.6 Å². The van der Waals surface area contributed by atoms with Crippen molar-refractivity contribution >= 4 is 18.3 Å². The topological polar surface area (TPSA) is 87.1 Å². The minimum atomic E-state index is -0.820. The summed E-state index contributed by atoms with van der Waals surface area (Å²) >= 11 is 4.10. The summed E-state index contributed by atoms with van der Waals surface area (Å²) in [7, 11) is 0. The predicted molar refractivity (Wildman–Crippen MR) is 79.6 cm³/mol. The lowest BCUT2D eigenvalue weighted by atomic mass is 10.2. The van der Waals surface area contributed by atoms with Gasteiger partial charge in [0.15, 0.2) is 0 Å². The highest BCUT2D eigenvalue weighted by Crippen LogP contribution is 2.04. The molecule has 0 aromatic carbocycles. The molecule has 0 atom stereocenters. The standard InChI is InChI=1S/C12H19N3O4S/c1-2-13-9-10(15(18)19)11(16)14(12(13)17)7-5-3-4-6-8-20/h9,20H,2-8H2,1H3. The Balaban J connectivity index is 2.99. The van der Waals surface area contributed by atoms with Crippen LogP contribution in [0, 0.1) is 10.1 Å². The van der Waals surface area contributed by atoms with Crippen LogP contribution in [0.2, 0.25) is 0 Å². The number of nitro groups is 1. The van der Waals surface area contributed by atoms with Crippen molar-refractivity contribution in [3.8, 4) is 0 Å². The average Bonchev–Trinajstić information content (AvgIpc) is 2.41. The number of thiol groups is 1. The molecule has 0 spiro atoms. The van der Waals surface area contributed by atoms with Crippen molar-refractivity contribution in [2.45, 2.75) is 45.7 Å². The van der Waals surface area contributed by atoms with Gasteiger partial charge < -0.3 is 0 Å². The molecule has 0 aliphatic heterocycles. The van der Waals surface area contributed by atoms with E-state index in [-0.39, 0.29) is 6.54 Å². The summed E-state index contributed by atoms with van der Waals surface area (Å²) in [4.78, 5) is 34.0. The van der Waals surface area contributed by atoms with Gasteiger partial charge in [-0.2, -0.15) is 12.6 Å². The van der Waals surface area contributed by atoms with Gasteiger partial charge in [0, 0.05) is 13.1 Å². The van der Waals surface area contributed by atoms with E-state index in [0.29, 0.717) is 13.0 Å². The van der Waals surface area contributed by atoms with Crippen molar-refractivity contribution in [3.63, 3.8) is 0 Å². The smallest absolute Gasteiger partial charge is 0.294 e. The lowest BCUT2D eigenvalue weighted by molar-refractivity contribution is -0.387. The molecular formula is C12H19N3O4S. The third-order valence-corrected chi connectivity index (χ3v) is 3.36. The lowest BCUT2D eigenvalue weighted by Gasteiger charge is -2.08. The maximum Gasteiger partial charge on any atom is 0.350 e. The number of nitrogens with zero attached hydrogens (tertiary/aromatic N) is 3. The number of unbranched alkanes of at least 4 members (excludes halogenated alkanes) is 3. The van der Waals surface area contributed by atoms with E-state index < -0.39 is 21.9 Å². The minimum absolute atomic E-state index is 0.214. The van der Waals surface area contributed by atoms with Crippen molar-refractivity contribution in [1.29, 1.82) is 0 Å². The Kier molecular flexibility index (Phi) is 6.50. The Bertz CT molecular complexity index is 579. The van der Waals surface area contributed by atoms with Crippen molar-refractivity contribution < 1.29 is 4.92 Å². The second-order valence-electron chi connectivity index (χ2n) is 4.43. The molecule has 7 nitrogen and oxygen atoms in total. The van der Waals surface area contributed by atoms with Crippen molar-refractivity contribution in [2.24, 2.45) is 0 Å². The van der Waals surface area contributed by atoms with Gasteiger partial charge in [-0.1, -0.05) is 12.8 Å². The summed E-state index contributed by atoms with van der Waals surface area (Å²) in [5, 5.41) is 10.8. The molecule has 0 unspecified atom stereocenters. The molecule has 1 rings (SSSR count). The zero-order valence-corrected chi connectivity index (χ0v) is 12.3. The van der Waals surface area contributed by atoms with Crippen molar-refractivity contribution in [2.75, 3.05) is 5.75 Å². The highest BCUT2D eigenvalue weighted by atomic mass is 32.1. The zero-order chi connectivity index (χ0) is 15.1. The monoisotopic (exact) mass is 301 g/mol. The van der Waals surface area contributed by atoms with Crippen molar-refractivity contribution in [3.05, 3.63) is 37.1 Å². The third-order valence-electron chi connectivity index (χ3n) is 3.05. The normalized spacial score (nSPS) is 10.7. The number of aryl methyl sites for hydroxylation is 1. The molecule has 0 fully saturated rings. The summed E-state index contributed by atoms with van der Waals surface area (Å²) in [5.74, 6) is 0.805. The van der Waals surface area contributed by atoms with Gasteiger partial charge in [-0.15, -0.1) is 0 Å². The van der Waals surface area contributed by atoms with Crippen LogP contribution < -0.4 is 11.2 Å². The van der Waals surface area contributed by atoms with Gasteiger partial charge in [0.05, 0.1) is 11.1 Å². The Hall–Kier alpha value is -1.57. The molecule has 0 amide bonds. The van der Waals surface area contributed by atoms with Crippen LogP contribution in [-0.4, -0.2) is 19.8 Å². The predicted octanol–water partition coefficient (Wildman–Crippen LogP) is 1.43. The van der Waals surface area contributed by atoms with Gasteiger partial charge in [0.25, 0.3) is 0 Å². The molecule has 1 heterocycles. The summed E-state index contributed by atoms with van der Waals surface area (Å²) in [6.45, 7) is 2.21. The number of hydrogen-bond acceptors (Lipinski definition) is 5. The van der Waals surface area contributed by atoms with Crippen LogP contribution >= 0.6 is 12.6 Å². The van der Waals surface area contributed by atoms with E-state index in [9.17, 15) is 19.7 Å². The fourth-order valence-corrected chi connectivity index (χ4v) is 2.15. The fraction of sp³-hybridized carbons (Fsp3) is 0.667. The third kappa shape index (κ3) is 3.96. The molecule has 0 bridgehead atoms. The van der Waals surface area contributed by atoms with E-state index in [2.05, 4.69) is 12.6 Å². The molecule has 112 valence electrons. The molecule has 0 saturated carbocycles. The maximum absolute atomic E-state index is 12.0. The molecule has 0 radical (unpaired) electrons. The van der Waals surface area contributed by atoms with E-state index in [1.54, 1.807) is 6.92 Å². The molecule has 1 aromatic heterocycles. The Morgan fingerprint density at radius 1 is 1.25 bits per heavy atom. The van der Waals surface area contributed by atoms with Crippen LogP contribution in [-0.2, 0) is 13.1 Å². The Labute approximate surface area is 121 Å². The minimum Gasteiger partial charge on any atom is -0.294 e. The summed E-state index contributed by atoms with van der Waals surface area (Å²) < 4.78 is 2.15.